The Kier molecular flexibility index (Phi) is 3.23. The van der Waals surface area contributed by atoms with Crippen molar-refractivity contribution in [1.82, 2.24) is 5.32 Å². The number of thiocarbonyl (C=S) groups is 1. The van der Waals surface area contributed by atoms with Crippen LogP contribution in [0.1, 0.15) is 16.7 Å². The molecule has 15 heavy (non-hydrogen) atoms. The van der Waals surface area contributed by atoms with E-state index < -0.39 is 0 Å². The molecule has 1 amide bonds. The molecule has 78 valence electrons. The topological polar surface area (TPSA) is 29.1 Å². The van der Waals surface area contributed by atoms with Crippen molar-refractivity contribution in [2.45, 2.75) is 13.3 Å². The van der Waals surface area contributed by atoms with Crippen LogP contribution >= 0.6 is 35.3 Å². The fourth-order valence-corrected chi connectivity index (χ4v) is 3.22. The number of thiophene rings is 1. The standard InChI is InChI=1S/C10H9NOS3/c1-2-6-3-4-7(14-6)5-8-9(12)11-10(13)15-8/h3-5H,2H2,1H3,(H,11,12,13)/b8-5-. The van der Waals surface area contributed by atoms with Crippen molar-refractivity contribution in [2.24, 2.45) is 0 Å². The predicted octanol–water partition coefficient (Wildman–Crippen LogP) is 2.80. The van der Waals surface area contributed by atoms with Crippen LogP contribution in [0, 0.1) is 0 Å². The Morgan fingerprint density at radius 1 is 1.53 bits per heavy atom. The highest BCUT2D eigenvalue weighted by Gasteiger charge is 2.21. The second kappa shape index (κ2) is 4.47. The lowest BCUT2D eigenvalue weighted by atomic mass is 10.3. The minimum Gasteiger partial charge on any atom is -0.307 e. The summed E-state index contributed by atoms with van der Waals surface area (Å²) in [4.78, 5) is 14.5. The van der Waals surface area contributed by atoms with Crippen LogP contribution in [0.3, 0.4) is 0 Å². The molecule has 1 aromatic heterocycles. The van der Waals surface area contributed by atoms with Crippen molar-refractivity contribution in [3.63, 3.8) is 0 Å². The van der Waals surface area contributed by atoms with Crippen LogP contribution in [-0.2, 0) is 11.2 Å². The second-order valence-corrected chi connectivity index (χ2v) is 5.93. The number of hydrogen-bond donors (Lipinski definition) is 1. The molecule has 0 aliphatic carbocycles. The van der Waals surface area contributed by atoms with Gasteiger partial charge in [0, 0.05) is 9.75 Å². The van der Waals surface area contributed by atoms with Crippen molar-refractivity contribution in [2.75, 3.05) is 0 Å². The molecule has 0 saturated carbocycles. The number of aryl methyl sites for hydroxylation is 1. The highest BCUT2D eigenvalue weighted by molar-refractivity contribution is 8.26. The molecule has 0 radical (unpaired) electrons. The molecule has 1 saturated heterocycles. The van der Waals surface area contributed by atoms with Crippen molar-refractivity contribution < 1.29 is 4.79 Å². The first-order valence-electron chi connectivity index (χ1n) is 4.52. The van der Waals surface area contributed by atoms with Gasteiger partial charge in [0.2, 0.25) is 0 Å². The molecule has 0 spiro atoms. The van der Waals surface area contributed by atoms with Gasteiger partial charge in [0.1, 0.15) is 4.32 Å². The van der Waals surface area contributed by atoms with E-state index in [1.165, 1.54) is 16.6 Å². The molecule has 2 rings (SSSR count). The largest absolute Gasteiger partial charge is 0.307 e. The lowest BCUT2D eigenvalue weighted by Crippen LogP contribution is -2.17. The van der Waals surface area contributed by atoms with E-state index in [9.17, 15) is 4.79 Å². The lowest BCUT2D eigenvalue weighted by molar-refractivity contribution is -0.115. The number of hydrogen-bond acceptors (Lipinski definition) is 4. The van der Waals surface area contributed by atoms with E-state index in [-0.39, 0.29) is 5.91 Å². The molecule has 0 atom stereocenters. The molecule has 1 aromatic rings. The zero-order valence-corrected chi connectivity index (χ0v) is 10.5. The Morgan fingerprint density at radius 2 is 2.33 bits per heavy atom. The summed E-state index contributed by atoms with van der Waals surface area (Å²) in [6.07, 6.45) is 2.93. The maximum Gasteiger partial charge on any atom is 0.263 e. The van der Waals surface area contributed by atoms with Crippen LogP contribution in [0.4, 0.5) is 0 Å². The first-order valence-corrected chi connectivity index (χ1v) is 6.56. The summed E-state index contributed by atoms with van der Waals surface area (Å²) >= 11 is 7.94. The molecule has 1 aliphatic heterocycles. The van der Waals surface area contributed by atoms with Gasteiger partial charge in [0.05, 0.1) is 4.91 Å². The molecule has 1 N–H and O–H groups in total. The molecular formula is C10H9NOS3. The minimum absolute atomic E-state index is 0.0866. The van der Waals surface area contributed by atoms with Crippen molar-refractivity contribution in [3.8, 4) is 0 Å². The summed E-state index contributed by atoms with van der Waals surface area (Å²) < 4.78 is 0.540. The van der Waals surface area contributed by atoms with Gasteiger partial charge in [-0.1, -0.05) is 30.9 Å². The van der Waals surface area contributed by atoms with Crippen molar-refractivity contribution in [3.05, 3.63) is 26.8 Å². The van der Waals surface area contributed by atoms with Gasteiger partial charge in [0.25, 0.3) is 5.91 Å². The van der Waals surface area contributed by atoms with Gasteiger partial charge in [-0.25, -0.2) is 0 Å². The first kappa shape index (κ1) is 10.9. The fraction of sp³-hybridized carbons (Fsp3) is 0.200. The average Bonchev–Trinajstić information content (AvgIpc) is 2.75. The van der Waals surface area contributed by atoms with Gasteiger partial charge >= 0.3 is 0 Å². The van der Waals surface area contributed by atoms with E-state index in [4.69, 9.17) is 12.2 Å². The van der Waals surface area contributed by atoms with Crippen LogP contribution < -0.4 is 5.32 Å². The van der Waals surface area contributed by atoms with Crippen molar-refractivity contribution >= 4 is 51.6 Å². The van der Waals surface area contributed by atoms with Crippen LogP contribution in [0.15, 0.2) is 17.0 Å². The maximum absolute atomic E-state index is 11.4. The number of thioether (sulfide) groups is 1. The molecular weight excluding hydrogens is 246 g/mol. The van der Waals surface area contributed by atoms with Crippen LogP contribution in [-0.4, -0.2) is 10.2 Å². The maximum atomic E-state index is 11.4. The average molecular weight is 255 g/mol. The smallest absolute Gasteiger partial charge is 0.263 e. The highest BCUT2D eigenvalue weighted by Crippen LogP contribution is 2.28. The molecule has 0 aromatic carbocycles. The van der Waals surface area contributed by atoms with Crippen LogP contribution in [0.25, 0.3) is 6.08 Å². The number of carbonyl (C=O) groups is 1. The second-order valence-electron chi connectivity index (χ2n) is 3.01. The summed E-state index contributed by atoms with van der Waals surface area (Å²) in [7, 11) is 0. The molecule has 1 aliphatic rings. The predicted molar refractivity (Wildman–Crippen MR) is 70.0 cm³/mol. The van der Waals surface area contributed by atoms with E-state index in [1.807, 2.05) is 12.1 Å². The molecule has 0 bridgehead atoms. The lowest BCUT2D eigenvalue weighted by Gasteiger charge is -1.89. The monoisotopic (exact) mass is 255 g/mol. The van der Waals surface area contributed by atoms with Gasteiger partial charge in [-0.3, -0.25) is 4.79 Å². The third-order valence-corrected chi connectivity index (χ3v) is 4.29. The summed E-state index contributed by atoms with van der Waals surface area (Å²) in [5.74, 6) is -0.0866. The van der Waals surface area contributed by atoms with E-state index in [0.29, 0.717) is 9.23 Å². The summed E-state index contributed by atoms with van der Waals surface area (Å²) in [6.45, 7) is 2.12. The third kappa shape index (κ3) is 2.48. The van der Waals surface area contributed by atoms with Crippen molar-refractivity contribution in [1.29, 1.82) is 0 Å². The van der Waals surface area contributed by atoms with Gasteiger partial charge in [-0.15, -0.1) is 11.3 Å². The number of amides is 1. The summed E-state index contributed by atoms with van der Waals surface area (Å²) in [5.41, 5.74) is 0. The quantitative estimate of drug-likeness (QED) is 0.651. The molecule has 2 heterocycles. The van der Waals surface area contributed by atoms with Crippen LogP contribution in [0.2, 0.25) is 0 Å². The third-order valence-electron chi connectivity index (χ3n) is 1.95. The summed E-state index contributed by atoms with van der Waals surface area (Å²) in [5, 5.41) is 2.60. The van der Waals surface area contributed by atoms with Gasteiger partial charge in [-0.2, -0.15) is 0 Å². The van der Waals surface area contributed by atoms with Gasteiger partial charge < -0.3 is 5.32 Å². The number of rotatable bonds is 2. The van der Waals surface area contributed by atoms with Crippen LogP contribution in [0.5, 0.6) is 0 Å². The zero-order chi connectivity index (χ0) is 10.8. The van der Waals surface area contributed by atoms with Gasteiger partial charge in [-0.05, 0) is 24.6 Å². The Morgan fingerprint density at radius 3 is 2.87 bits per heavy atom. The fourth-order valence-electron chi connectivity index (χ4n) is 1.21. The molecule has 5 heteroatoms. The Bertz CT molecular complexity index is 447. The van der Waals surface area contributed by atoms with E-state index in [0.717, 1.165) is 11.3 Å². The zero-order valence-electron chi connectivity index (χ0n) is 8.07. The SMILES string of the molecule is CCc1ccc(/C=C2\SC(=S)NC2=O)s1. The first-order chi connectivity index (χ1) is 7.19. The number of nitrogens with one attached hydrogen (secondary N) is 1. The highest BCUT2D eigenvalue weighted by atomic mass is 32.2. The van der Waals surface area contributed by atoms with E-state index in [1.54, 1.807) is 11.3 Å². The normalized spacial score (nSPS) is 18.6. The minimum atomic E-state index is -0.0866. The Hall–Kier alpha value is -0.650. The van der Waals surface area contributed by atoms with E-state index in [2.05, 4.69) is 18.3 Å². The number of carbonyl (C=O) groups excluding carboxylic acids is 1. The Balaban J connectivity index is 2.22. The molecule has 1 fully saturated rings. The van der Waals surface area contributed by atoms with E-state index >= 15 is 0 Å². The van der Waals surface area contributed by atoms with Gasteiger partial charge in [0.15, 0.2) is 0 Å². The molecule has 2 nitrogen and oxygen atoms in total. The molecule has 0 unspecified atom stereocenters. The summed E-state index contributed by atoms with van der Waals surface area (Å²) in [6, 6.07) is 4.12. The Labute approximate surface area is 102 Å².